The first-order chi connectivity index (χ1) is 16.1. The zero-order chi connectivity index (χ0) is 22.7. The summed E-state index contributed by atoms with van der Waals surface area (Å²) in [5.74, 6) is -0.382. The molecule has 2 N–H and O–H groups in total. The van der Waals surface area contributed by atoms with Gasteiger partial charge in [-0.05, 0) is 48.4 Å². The number of hydrogen-bond acceptors (Lipinski definition) is 5. The van der Waals surface area contributed by atoms with E-state index in [9.17, 15) is 14.9 Å². The maximum absolute atomic E-state index is 13.1. The highest BCUT2D eigenvalue weighted by molar-refractivity contribution is 6.34. The number of imide groups is 1. The lowest BCUT2D eigenvalue weighted by molar-refractivity contribution is 0.0924. The Morgan fingerprint density at radius 3 is 2.52 bits per heavy atom. The molecular weight excluding hydrogens is 414 g/mol. The first-order valence-corrected chi connectivity index (χ1v) is 10.8. The summed E-state index contributed by atoms with van der Waals surface area (Å²) in [4.78, 5) is 31.8. The number of nitriles is 1. The Bertz CT molecular complexity index is 1490. The number of rotatable bonds is 3. The summed E-state index contributed by atoms with van der Waals surface area (Å²) >= 11 is 0. The lowest BCUT2D eigenvalue weighted by atomic mass is 10.1. The van der Waals surface area contributed by atoms with E-state index in [4.69, 9.17) is 5.73 Å². The predicted molar refractivity (Wildman–Crippen MR) is 123 cm³/mol. The first-order valence-electron chi connectivity index (χ1n) is 10.8. The van der Waals surface area contributed by atoms with E-state index in [1.54, 1.807) is 30.5 Å². The van der Waals surface area contributed by atoms with Crippen molar-refractivity contribution >= 4 is 28.5 Å². The molecule has 4 aromatic rings. The molecule has 2 aromatic heterocycles. The van der Waals surface area contributed by atoms with Gasteiger partial charge in [-0.25, -0.2) is 9.88 Å². The van der Waals surface area contributed by atoms with Gasteiger partial charge in [0.15, 0.2) is 0 Å². The number of nitrogens with zero attached hydrogens (tertiary/aromatic N) is 4. The second kappa shape index (κ2) is 7.12. The Labute approximate surface area is 189 Å². The number of anilines is 1. The second-order valence-corrected chi connectivity index (χ2v) is 8.50. The minimum absolute atomic E-state index is 0.0287. The van der Waals surface area contributed by atoms with E-state index >= 15 is 0 Å². The molecule has 6 rings (SSSR count). The van der Waals surface area contributed by atoms with E-state index in [1.165, 1.54) is 10.5 Å². The van der Waals surface area contributed by atoms with E-state index in [2.05, 4.69) is 15.6 Å². The molecule has 2 amide bonds. The van der Waals surface area contributed by atoms with Crippen molar-refractivity contribution in [2.24, 2.45) is 5.73 Å². The van der Waals surface area contributed by atoms with Crippen LogP contribution in [0.25, 0.3) is 10.9 Å². The van der Waals surface area contributed by atoms with Gasteiger partial charge in [-0.1, -0.05) is 18.2 Å². The third-order valence-electron chi connectivity index (χ3n) is 6.54. The highest BCUT2D eigenvalue weighted by atomic mass is 16.2. The molecule has 1 aliphatic carbocycles. The summed E-state index contributed by atoms with van der Waals surface area (Å²) in [6.45, 7) is 0.432. The second-order valence-electron chi connectivity index (χ2n) is 8.50. The van der Waals surface area contributed by atoms with Gasteiger partial charge in [-0.15, -0.1) is 0 Å². The Morgan fingerprint density at radius 2 is 1.79 bits per heavy atom. The van der Waals surface area contributed by atoms with Crippen LogP contribution in [0.5, 0.6) is 0 Å². The van der Waals surface area contributed by atoms with Gasteiger partial charge in [0.25, 0.3) is 11.8 Å². The molecule has 33 heavy (non-hydrogen) atoms. The molecule has 2 aliphatic rings. The standard InChI is InChI=1S/C26H19N5O2/c27-13-15-7-8-22-20(10-15)21-11-17(28)12-23(21)30(22)14-16-4-3-9-29-24(16)31-25(32)18-5-1-2-6-19(18)26(31)33/h1-10,17H,11-12,14,28H2/t17-/m1/s1. The molecule has 7 heteroatoms. The van der Waals surface area contributed by atoms with Crippen molar-refractivity contribution in [2.45, 2.75) is 25.4 Å². The number of hydrogen-bond donors (Lipinski definition) is 1. The molecule has 0 spiro atoms. The summed E-state index contributed by atoms with van der Waals surface area (Å²) < 4.78 is 2.18. The zero-order valence-corrected chi connectivity index (χ0v) is 17.7. The summed E-state index contributed by atoms with van der Waals surface area (Å²) in [6, 6.07) is 18.4. The third kappa shape index (κ3) is 2.81. The summed E-state index contributed by atoms with van der Waals surface area (Å²) in [7, 11) is 0. The number of pyridine rings is 1. The summed E-state index contributed by atoms with van der Waals surface area (Å²) in [5, 5.41) is 10.4. The number of benzene rings is 2. The van der Waals surface area contributed by atoms with Crippen LogP contribution in [0.1, 0.15) is 43.1 Å². The van der Waals surface area contributed by atoms with Crippen molar-refractivity contribution in [2.75, 3.05) is 4.90 Å². The minimum atomic E-state index is -0.362. The van der Waals surface area contributed by atoms with Crippen molar-refractivity contribution in [3.63, 3.8) is 0 Å². The van der Waals surface area contributed by atoms with Crippen LogP contribution in [-0.4, -0.2) is 27.4 Å². The number of carbonyl (C=O) groups excluding carboxylic acids is 2. The zero-order valence-electron chi connectivity index (χ0n) is 17.7. The van der Waals surface area contributed by atoms with E-state index in [1.807, 2.05) is 30.3 Å². The highest BCUT2D eigenvalue weighted by Gasteiger charge is 2.38. The summed E-state index contributed by atoms with van der Waals surface area (Å²) in [6.07, 6.45) is 3.08. The van der Waals surface area contributed by atoms with E-state index < -0.39 is 0 Å². The van der Waals surface area contributed by atoms with Crippen LogP contribution in [-0.2, 0) is 19.4 Å². The van der Waals surface area contributed by atoms with Crippen molar-refractivity contribution in [3.8, 4) is 6.07 Å². The van der Waals surface area contributed by atoms with Gasteiger partial charge in [-0.3, -0.25) is 9.59 Å². The molecule has 0 fully saturated rings. The van der Waals surface area contributed by atoms with Crippen LogP contribution in [0, 0.1) is 11.3 Å². The highest BCUT2D eigenvalue weighted by Crippen LogP contribution is 2.36. The molecule has 2 aromatic carbocycles. The maximum Gasteiger partial charge on any atom is 0.267 e. The van der Waals surface area contributed by atoms with E-state index in [0.29, 0.717) is 29.1 Å². The Hall–Kier alpha value is -4.28. The fourth-order valence-corrected chi connectivity index (χ4v) is 5.08. The quantitative estimate of drug-likeness (QED) is 0.500. The van der Waals surface area contributed by atoms with Crippen molar-refractivity contribution < 1.29 is 9.59 Å². The van der Waals surface area contributed by atoms with E-state index in [0.717, 1.165) is 35.0 Å². The van der Waals surface area contributed by atoms with Crippen LogP contribution in [0.2, 0.25) is 0 Å². The largest absolute Gasteiger partial charge is 0.340 e. The van der Waals surface area contributed by atoms with Crippen molar-refractivity contribution in [1.29, 1.82) is 5.26 Å². The average Bonchev–Trinajstić information content (AvgIpc) is 3.43. The molecule has 0 saturated heterocycles. The minimum Gasteiger partial charge on any atom is -0.340 e. The van der Waals surface area contributed by atoms with Crippen LogP contribution < -0.4 is 10.6 Å². The number of aromatic nitrogens is 2. The fraction of sp³-hybridized carbons (Fsp3) is 0.154. The number of fused-ring (bicyclic) bond motifs is 4. The van der Waals surface area contributed by atoms with Crippen LogP contribution in [0.3, 0.4) is 0 Å². The number of nitrogens with two attached hydrogens (primary N) is 1. The molecule has 0 unspecified atom stereocenters. The molecule has 7 nitrogen and oxygen atoms in total. The van der Waals surface area contributed by atoms with Gasteiger partial charge in [-0.2, -0.15) is 5.26 Å². The molecule has 160 valence electrons. The van der Waals surface area contributed by atoms with Gasteiger partial charge in [0, 0.05) is 40.8 Å². The molecule has 0 radical (unpaired) electrons. The average molecular weight is 433 g/mol. The third-order valence-corrected chi connectivity index (χ3v) is 6.54. The van der Waals surface area contributed by atoms with Gasteiger partial charge >= 0.3 is 0 Å². The van der Waals surface area contributed by atoms with Gasteiger partial charge in [0.2, 0.25) is 0 Å². The smallest absolute Gasteiger partial charge is 0.267 e. The van der Waals surface area contributed by atoms with Crippen molar-refractivity contribution in [1.82, 2.24) is 9.55 Å². The molecule has 1 atom stereocenters. The van der Waals surface area contributed by atoms with Crippen LogP contribution in [0.15, 0.2) is 60.8 Å². The van der Waals surface area contributed by atoms with Crippen LogP contribution in [0.4, 0.5) is 5.82 Å². The van der Waals surface area contributed by atoms with E-state index in [-0.39, 0.29) is 17.9 Å². The molecular formula is C26H19N5O2. The SMILES string of the molecule is N#Cc1ccc2c(c1)c1c(n2Cc2cccnc2N2C(=O)c3ccccc3C2=O)C[C@H](N)C1. The van der Waals surface area contributed by atoms with Gasteiger partial charge in [0.1, 0.15) is 5.82 Å². The van der Waals surface area contributed by atoms with Crippen LogP contribution >= 0.6 is 0 Å². The molecule has 0 saturated carbocycles. The predicted octanol–water partition coefficient (Wildman–Crippen LogP) is 3.18. The Morgan fingerprint density at radius 1 is 1.03 bits per heavy atom. The number of amides is 2. The molecule has 1 aliphatic heterocycles. The lowest BCUT2D eigenvalue weighted by Gasteiger charge is -2.18. The van der Waals surface area contributed by atoms with Gasteiger partial charge in [0.05, 0.1) is 29.3 Å². The monoisotopic (exact) mass is 433 g/mol. The van der Waals surface area contributed by atoms with Crippen molar-refractivity contribution in [3.05, 3.63) is 94.3 Å². The molecule has 3 heterocycles. The number of carbonyl (C=O) groups is 2. The topological polar surface area (TPSA) is 105 Å². The lowest BCUT2D eigenvalue weighted by Crippen LogP contribution is -2.31. The fourth-order valence-electron chi connectivity index (χ4n) is 5.08. The Kier molecular flexibility index (Phi) is 4.19. The normalized spacial score (nSPS) is 16.8. The van der Waals surface area contributed by atoms with Gasteiger partial charge < -0.3 is 10.3 Å². The summed E-state index contributed by atoms with van der Waals surface area (Å²) in [5.41, 5.74) is 11.7. The molecule has 0 bridgehead atoms. The Balaban J connectivity index is 1.47. The maximum atomic E-state index is 13.1. The first kappa shape index (κ1) is 19.4.